The second kappa shape index (κ2) is 5.35. The fourth-order valence-corrected chi connectivity index (χ4v) is 6.96. The minimum absolute atomic E-state index is 0.0380. The summed E-state index contributed by atoms with van der Waals surface area (Å²) in [6.45, 7) is 5.45. The maximum Gasteiger partial charge on any atom is 0.188 e. The van der Waals surface area contributed by atoms with Crippen molar-refractivity contribution in [3.63, 3.8) is 0 Å². The Hall–Kier alpha value is -1.33. The number of Topliss-reactive ketones (excluding diaryl/α,β-unsaturated/α-hetero) is 2. The van der Waals surface area contributed by atoms with Gasteiger partial charge in [0.1, 0.15) is 11.7 Å². The van der Waals surface area contributed by atoms with Gasteiger partial charge in [0.15, 0.2) is 17.3 Å². The van der Waals surface area contributed by atoms with E-state index in [1.807, 2.05) is 6.92 Å². The van der Waals surface area contributed by atoms with E-state index in [1.165, 1.54) is 13.0 Å². The molecule has 0 unspecified atom stereocenters. The summed E-state index contributed by atoms with van der Waals surface area (Å²) in [6, 6.07) is 0. The maximum atomic E-state index is 13.0. The van der Waals surface area contributed by atoms with E-state index in [9.17, 15) is 24.6 Å². The van der Waals surface area contributed by atoms with Crippen LogP contribution >= 0.6 is 0 Å². The third-order valence-corrected chi connectivity index (χ3v) is 8.60. The summed E-state index contributed by atoms with van der Waals surface area (Å²) < 4.78 is 0. The van der Waals surface area contributed by atoms with Crippen molar-refractivity contribution in [2.45, 2.75) is 71.0 Å². The van der Waals surface area contributed by atoms with E-state index in [0.717, 1.165) is 6.42 Å². The van der Waals surface area contributed by atoms with Crippen LogP contribution in [0.4, 0.5) is 0 Å². The van der Waals surface area contributed by atoms with Gasteiger partial charge in [0.2, 0.25) is 0 Å². The van der Waals surface area contributed by atoms with E-state index in [2.05, 4.69) is 6.92 Å². The smallest absolute Gasteiger partial charge is 0.188 e. The van der Waals surface area contributed by atoms with Crippen LogP contribution in [0.3, 0.4) is 0 Å². The van der Waals surface area contributed by atoms with Crippen LogP contribution in [0.1, 0.15) is 59.3 Å². The Morgan fingerprint density at radius 2 is 1.77 bits per heavy atom. The SMILES string of the molecule is CC(=O)[C@@]1(O)CC[C@H]2[C@@H]3[C@H](O)C(=O)C4=CC(=O)CC[C@]4(C)[C@H]3CC[C@@]21C. The number of aliphatic hydroxyl groups excluding tert-OH is 1. The molecule has 0 saturated heterocycles. The Balaban J connectivity index is 1.80. The summed E-state index contributed by atoms with van der Waals surface area (Å²) >= 11 is 0. The fourth-order valence-electron chi connectivity index (χ4n) is 6.96. The van der Waals surface area contributed by atoms with E-state index < -0.39 is 22.5 Å². The van der Waals surface area contributed by atoms with Gasteiger partial charge >= 0.3 is 0 Å². The molecular weight excluding hydrogens is 332 g/mol. The van der Waals surface area contributed by atoms with Crippen molar-refractivity contribution >= 4 is 17.3 Å². The zero-order valence-corrected chi connectivity index (χ0v) is 15.7. The quantitative estimate of drug-likeness (QED) is 0.746. The lowest BCUT2D eigenvalue weighted by Crippen LogP contribution is -2.62. The molecule has 7 atom stereocenters. The van der Waals surface area contributed by atoms with Crippen molar-refractivity contribution in [2.24, 2.45) is 28.6 Å². The third-order valence-electron chi connectivity index (χ3n) is 8.60. The average Bonchev–Trinajstić information content (AvgIpc) is 2.87. The Kier molecular flexibility index (Phi) is 3.72. The largest absolute Gasteiger partial charge is 0.385 e. The second-order valence-corrected chi connectivity index (χ2v) is 9.45. The Morgan fingerprint density at radius 3 is 2.42 bits per heavy atom. The first-order valence-corrected chi connectivity index (χ1v) is 9.77. The molecule has 0 spiro atoms. The first kappa shape index (κ1) is 18.1. The highest BCUT2D eigenvalue weighted by molar-refractivity contribution is 6.07. The minimum Gasteiger partial charge on any atom is -0.385 e. The number of carbonyl (C=O) groups is 3. The number of fused-ring (bicyclic) bond motifs is 5. The topological polar surface area (TPSA) is 91.7 Å². The van der Waals surface area contributed by atoms with Crippen molar-refractivity contribution in [3.8, 4) is 0 Å². The monoisotopic (exact) mass is 360 g/mol. The molecule has 0 aromatic carbocycles. The summed E-state index contributed by atoms with van der Waals surface area (Å²) in [5.41, 5.74) is -1.88. The van der Waals surface area contributed by atoms with Gasteiger partial charge in [-0.05, 0) is 68.3 Å². The van der Waals surface area contributed by atoms with Crippen LogP contribution in [-0.2, 0) is 14.4 Å². The molecule has 5 heteroatoms. The molecule has 0 bridgehead atoms. The molecule has 5 nitrogen and oxygen atoms in total. The van der Waals surface area contributed by atoms with Crippen LogP contribution < -0.4 is 0 Å². The summed E-state index contributed by atoms with van der Waals surface area (Å²) in [4.78, 5) is 37.1. The van der Waals surface area contributed by atoms with Crippen LogP contribution in [0.5, 0.6) is 0 Å². The lowest BCUT2D eigenvalue weighted by atomic mass is 9.45. The molecule has 142 valence electrons. The van der Waals surface area contributed by atoms with Crippen LogP contribution in [0.15, 0.2) is 11.6 Å². The lowest BCUT2D eigenvalue weighted by molar-refractivity contribution is -0.172. The van der Waals surface area contributed by atoms with Gasteiger partial charge in [-0.2, -0.15) is 0 Å². The standard InChI is InChI=1S/C21H28O5/c1-11(22)21(26)9-6-14-16-13(5-8-20(14,21)3)19(2)7-4-12(23)10-15(19)17(24)18(16)25/h10,13-14,16,18,25-26H,4-9H2,1-3H3/t13-,14-,16+,18-,19+,20-,21-/m0/s1. The first-order valence-electron chi connectivity index (χ1n) is 9.77. The third kappa shape index (κ3) is 1.96. The molecule has 4 rings (SSSR count). The molecule has 0 aromatic heterocycles. The summed E-state index contributed by atoms with van der Waals surface area (Å²) in [7, 11) is 0. The summed E-state index contributed by atoms with van der Waals surface area (Å²) in [6.07, 6.45) is 3.87. The highest BCUT2D eigenvalue weighted by Crippen LogP contribution is 2.67. The minimum atomic E-state index is -1.37. The average molecular weight is 360 g/mol. The number of hydrogen-bond acceptors (Lipinski definition) is 5. The highest BCUT2D eigenvalue weighted by Gasteiger charge is 2.68. The summed E-state index contributed by atoms with van der Waals surface area (Å²) in [5, 5.41) is 22.0. The molecule has 4 aliphatic carbocycles. The number of ketones is 3. The molecule has 26 heavy (non-hydrogen) atoms. The van der Waals surface area contributed by atoms with Crippen LogP contribution in [-0.4, -0.2) is 39.3 Å². The number of carbonyl (C=O) groups excluding carboxylic acids is 3. The highest BCUT2D eigenvalue weighted by atomic mass is 16.3. The zero-order valence-electron chi connectivity index (χ0n) is 15.7. The van der Waals surface area contributed by atoms with Crippen molar-refractivity contribution in [1.29, 1.82) is 0 Å². The van der Waals surface area contributed by atoms with E-state index >= 15 is 0 Å². The number of rotatable bonds is 1. The van der Waals surface area contributed by atoms with Gasteiger partial charge in [-0.15, -0.1) is 0 Å². The van der Waals surface area contributed by atoms with Gasteiger partial charge in [-0.1, -0.05) is 13.8 Å². The van der Waals surface area contributed by atoms with Crippen molar-refractivity contribution < 1.29 is 24.6 Å². The molecular formula is C21H28O5. The molecule has 4 aliphatic rings. The van der Waals surface area contributed by atoms with E-state index in [-0.39, 0.29) is 35.1 Å². The molecule has 0 heterocycles. The molecule has 0 aromatic rings. The maximum absolute atomic E-state index is 13.0. The zero-order chi connectivity index (χ0) is 19.1. The van der Waals surface area contributed by atoms with Crippen molar-refractivity contribution in [3.05, 3.63) is 11.6 Å². The number of aliphatic hydroxyl groups is 2. The van der Waals surface area contributed by atoms with Gasteiger partial charge in [0.25, 0.3) is 0 Å². The molecule has 0 amide bonds. The van der Waals surface area contributed by atoms with Crippen molar-refractivity contribution in [1.82, 2.24) is 0 Å². The van der Waals surface area contributed by atoms with Crippen LogP contribution in [0.2, 0.25) is 0 Å². The Bertz CT molecular complexity index is 739. The Morgan fingerprint density at radius 1 is 1.12 bits per heavy atom. The number of hydrogen-bond donors (Lipinski definition) is 2. The first-order chi connectivity index (χ1) is 12.1. The van der Waals surface area contributed by atoms with Crippen LogP contribution in [0, 0.1) is 28.6 Å². The molecule has 3 saturated carbocycles. The molecule has 3 fully saturated rings. The van der Waals surface area contributed by atoms with Gasteiger partial charge in [0, 0.05) is 17.4 Å². The van der Waals surface area contributed by atoms with E-state index in [0.29, 0.717) is 37.7 Å². The van der Waals surface area contributed by atoms with Gasteiger partial charge in [-0.25, -0.2) is 0 Å². The molecule has 0 aliphatic heterocycles. The lowest BCUT2D eigenvalue weighted by Gasteiger charge is -2.59. The van der Waals surface area contributed by atoms with Crippen molar-refractivity contribution in [2.75, 3.05) is 0 Å². The van der Waals surface area contributed by atoms with Gasteiger partial charge in [-0.3, -0.25) is 14.4 Å². The second-order valence-electron chi connectivity index (χ2n) is 9.45. The predicted octanol–water partition coefficient (Wildman–Crippen LogP) is 1.99. The normalized spacial score (nSPS) is 50.6. The fraction of sp³-hybridized carbons (Fsp3) is 0.762. The van der Waals surface area contributed by atoms with E-state index in [4.69, 9.17) is 0 Å². The van der Waals surface area contributed by atoms with Crippen LogP contribution in [0.25, 0.3) is 0 Å². The summed E-state index contributed by atoms with van der Waals surface area (Å²) in [5.74, 6) is -0.807. The molecule has 2 N–H and O–H groups in total. The van der Waals surface area contributed by atoms with Gasteiger partial charge in [0.05, 0.1) is 0 Å². The molecule has 0 radical (unpaired) electrons. The van der Waals surface area contributed by atoms with E-state index in [1.54, 1.807) is 0 Å². The Labute approximate surface area is 153 Å². The predicted molar refractivity (Wildman–Crippen MR) is 94.1 cm³/mol. The van der Waals surface area contributed by atoms with Gasteiger partial charge < -0.3 is 10.2 Å².